The molecule has 0 rings (SSSR count). The van der Waals surface area contributed by atoms with Crippen molar-refractivity contribution >= 4 is 0 Å². The molecule has 0 bridgehead atoms. The van der Waals surface area contributed by atoms with Gasteiger partial charge in [0.05, 0.1) is 0 Å². The molecule has 0 radical (unpaired) electrons. The second-order valence-electron chi connectivity index (χ2n) is 2.72. The van der Waals surface area contributed by atoms with Crippen molar-refractivity contribution in [2.45, 2.75) is 33.1 Å². The van der Waals surface area contributed by atoms with Gasteiger partial charge in [-0.3, -0.25) is 0 Å². The van der Waals surface area contributed by atoms with E-state index >= 15 is 0 Å². The Labute approximate surface area is 70.3 Å². The third kappa shape index (κ3) is 9.92. The molecule has 0 spiro atoms. The van der Waals surface area contributed by atoms with Gasteiger partial charge in [0.25, 0.3) is 0 Å². The van der Waals surface area contributed by atoms with Crippen molar-refractivity contribution in [3.63, 3.8) is 0 Å². The van der Waals surface area contributed by atoms with E-state index < -0.39 is 0 Å². The van der Waals surface area contributed by atoms with E-state index in [0.29, 0.717) is 0 Å². The van der Waals surface area contributed by atoms with Gasteiger partial charge in [-0.25, -0.2) is 0 Å². The van der Waals surface area contributed by atoms with Gasteiger partial charge in [-0.2, -0.15) is 0 Å². The van der Waals surface area contributed by atoms with Crippen LogP contribution in [0.4, 0.5) is 0 Å². The van der Waals surface area contributed by atoms with Crippen molar-refractivity contribution in [1.82, 2.24) is 5.32 Å². The number of hydrogen-bond donors (Lipinski definition) is 1. The minimum atomic E-state index is 0.907. The lowest BCUT2D eigenvalue weighted by molar-refractivity contribution is 0.132. The van der Waals surface area contributed by atoms with E-state index in [1.165, 1.54) is 6.42 Å². The SMILES string of the molecule is CCCNCCCOCCC. The van der Waals surface area contributed by atoms with Crippen LogP contribution in [0.25, 0.3) is 0 Å². The molecule has 0 aliphatic heterocycles. The highest BCUT2D eigenvalue weighted by molar-refractivity contribution is 4.44. The molecule has 0 saturated heterocycles. The van der Waals surface area contributed by atoms with Gasteiger partial charge in [-0.15, -0.1) is 0 Å². The predicted octanol–water partition coefficient (Wildman–Crippen LogP) is 1.80. The van der Waals surface area contributed by atoms with E-state index in [4.69, 9.17) is 4.74 Å². The fourth-order valence-electron chi connectivity index (χ4n) is 0.847. The lowest BCUT2D eigenvalue weighted by atomic mass is 10.4. The minimum Gasteiger partial charge on any atom is -0.381 e. The summed E-state index contributed by atoms with van der Waals surface area (Å²) < 4.78 is 5.32. The van der Waals surface area contributed by atoms with Crippen LogP contribution in [0, 0.1) is 0 Å². The molecular formula is C9H21NO. The molecule has 0 fully saturated rings. The summed E-state index contributed by atoms with van der Waals surface area (Å²) in [4.78, 5) is 0. The van der Waals surface area contributed by atoms with Gasteiger partial charge in [-0.05, 0) is 32.4 Å². The molecule has 0 aliphatic carbocycles. The minimum absolute atomic E-state index is 0.907. The Balaban J connectivity index is 2.69. The summed E-state index contributed by atoms with van der Waals surface area (Å²) in [7, 11) is 0. The maximum Gasteiger partial charge on any atom is 0.0478 e. The molecule has 0 amide bonds. The third-order valence-corrected chi connectivity index (χ3v) is 1.42. The topological polar surface area (TPSA) is 21.3 Å². The van der Waals surface area contributed by atoms with Crippen LogP contribution >= 0.6 is 0 Å². The van der Waals surface area contributed by atoms with Crippen molar-refractivity contribution in [3.05, 3.63) is 0 Å². The zero-order valence-corrected chi connectivity index (χ0v) is 7.86. The summed E-state index contributed by atoms with van der Waals surface area (Å²) in [5, 5.41) is 3.33. The van der Waals surface area contributed by atoms with Crippen molar-refractivity contribution < 1.29 is 4.74 Å². The van der Waals surface area contributed by atoms with Gasteiger partial charge >= 0.3 is 0 Å². The highest BCUT2D eigenvalue weighted by Crippen LogP contribution is 1.83. The maximum absolute atomic E-state index is 5.32. The smallest absolute Gasteiger partial charge is 0.0478 e. The summed E-state index contributed by atoms with van der Waals surface area (Å²) in [6.45, 7) is 8.36. The zero-order valence-electron chi connectivity index (χ0n) is 7.86. The molecule has 2 nitrogen and oxygen atoms in total. The summed E-state index contributed by atoms with van der Waals surface area (Å²) in [5.41, 5.74) is 0. The van der Waals surface area contributed by atoms with E-state index in [0.717, 1.165) is 39.1 Å². The first-order valence-electron chi connectivity index (χ1n) is 4.70. The maximum atomic E-state index is 5.32. The Kier molecular flexibility index (Phi) is 9.85. The van der Waals surface area contributed by atoms with Gasteiger partial charge in [0.15, 0.2) is 0 Å². The predicted molar refractivity (Wildman–Crippen MR) is 48.9 cm³/mol. The van der Waals surface area contributed by atoms with Gasteiger partial charge in [0.1, 0.15) is 0 Å². The molecule has 68 valence electrons. The highest BCUT2D eigenvalue weighted by atomic mass is 16.5. The van der Waals surface area contributed by atoms with Crippen LogP contribution in [0.2, 0.25) is 0 Å². The standard InChI is InChI=1S/C9H21NO/c1-3-6-10-7-5-9-11-8-4-2/h10H,3-9H2,1-2H3. The Bertz CT molecular complexity index is 58.6. The van der Waals surface area contributed by atoms with Crippen molar-refractivity contribution in [2.24, 2.45) is 0 Å². The van der Waals surface area contributed by atoms with E-state index in [2.05, 4.69) is 19.2 Å². The van der Waals surface area contributed by atoms with Crippen molar-refractivity contribution in [2.75, 3.05) is 26.3 Å². The molecule has 0 aromatic carbocycles. The summed E-state index contributed by atoms with van der Waals surface area (Å²) in [6, 6.07) is 0. The third-order valence-electron chi connectivity index (χ3n) is 1.42. The van der Waals surface area contributed by atoms with Crippen LogP contribution < -0.4 is 5.32 Å². The normalized spacial score (nSPS) is 10.4. The molecule has 0 atom stereocenters. The van der Waals surface area contributed by atoms with E-state index in [-0.39, 0.29) is 0 Å². The summed E-state index contributed by atoms with van der Waals surface area (Å²) in [6.07, 6.45) is 3.48. The fourth-order valence-corrected chi connectivity index (χ4v) is 0.847. The molecule has 0 aromatic heterocycles. The van der Waals surface area contributed by atoms with Gasteiger partial charge in [0, 0.05) is 13.2 Å². The number of ether oxygens (including phenoxy) is 1. The monoisotopic (exact) mass is 159 g/mol. The first kappa shape index (κ1) is 10.9. The van der Waals surface area contributed by atoms with Gasteiger partial charge < -0.3 is 10.1 Å². The largest absolute Gasteiger partial charge is 0.381 e. The number of rotatable bonds is 8. The fraction of sp³-hybridized carbons (Fsp3) is 1.00. The van der Waals surface area contributed by atoms with Crippen LogP contribution in [-0.4, -0.2) is 26.3 Å². The van der Waals surface area contributed by atoms with E-state index in [1.54, 1.807) is 0 Å². The Hall–Kier alpha value is -0.0800. The van der Waals surface area contributed by atoms with Crippen molar-refractivity contribution in [1.29, 1.82) is 0 Å². The second-order valence-corrected chi connectivity index (χ2v) is 2.72. The van der Waals surface area contributed by atoms with Gasteiger partial charge in [0.2, 0.25) is 0 Å². The van der Waals surface area contributed by atoms with Crippen LogP contribution in [0.3, 0.4) is 0 Å². The summed E-state index contributed by atoms with van der Waals surface area (Å²) in [5.74, 6) is 0. The van der Waals surface area contributed by atoms with Gasteiger partial charge in [-0.1, -0.05) is 13.8 Å². The average molecular weight is 159 g/mol. The number of nitrogens with one attached hydrogen (secondary N) is 1. The molecule has 1 N–H and O–H groups in total. The summed E-state index contributed by atoms with van der Waals surface area (Å²) >= 11 is 0. The first-order chi connectivity index (χ1) is 5.41. The Morgan fingerprint density at radius 3 is 2.45 bits per heavy atom. The van der Waals surface area contributed by atoms with Crippen molar-refractivity contribution in [3.8, 4) is 0 Å². The second kappa shape index (κ2) is 9.92. The highest BCUT2D eigenvalue weighted by Gasteiger charge is 1.86. The molecular weight excluding hydrogens is 138 g/mol. The molecule has 0 aromatic rings. The molecule has 11 heavy (non-hydrogen) atoms. The lowest BCUT2D eigenvalue weighted by Gasteiger charge is -2.03. The Morgan fingerprint density at radius 2 is 1.82 bits per heavy atom. The number of hydrogen-bond acceptors (Lipinski definition) is 2. The molecule has 0 heterocycles. The zero-order chi connectivity index (χ0) is 8.36. The quantitative estimate of drug-likeness (QED) is 0.545. The molecule has 0 unspecified atom stereocenters. The first-order valence-corrected chi connectivity index (χ1v) is 4.70. The molecule has 2 heteroatoms. The van der Waals surface area contributed by atoms with Crippen LogP contribution in [0.5, 0.6) is 0 Å². The van der Waals surface area contributed by atoms with Crippen LogP contribution in [-0.2, 0) is 4.74 Å². The van der Waals surface area contributed by atoms with E-state index in [9.17, 15) is 0 Å². The van der Waals surface area contributed by atoms with Crippen LogP contribution in [0.1, 0.15) is 33.1 Å². The average Bonchev–Trinajstić information content (AvgIpc) is 2.03. The molecule has 0 saturated carbocycles. The Morgan fingerprint density at radius 1 is 1.00 bits per heavy atom. The van der Waals surface area contributed by atoms with E-state index in [1.807, 2.05) is 0 Å². The lowest BCUT2D eigenvalue weighted by Crippen LogP contribution is -2.17. The van der Waals surface area contributed by atoms with Crippen LogP contribution in [0.15, 0.2) is 0 Å². The molecule has 0 aliphatic rings.